The van der Waals surface area contributed by atoms with Crippen LogP contribution >= 0.6 is 0 Å². The molecule has 3 N–H and O–H groups in total. The maximum atomic E-state index is 13.1. The molecule has 1 aromatic heterocycles. The van der Waals surface area contributed by atoms with E-state index in [4.69, 9.17) is 0 Å². The summed E-state index contributed by atoms with van der Waals surface area (Å²) in [6, 6.07) is 4.26. The van der Waals surface area contributed by atoms with Gasteiger partial charge in [-0.3, -0.25) is 0 Å². The molecular weight excluding hydrogens is 225 g/mol. The minimum atomic E-state index is -0.628. The first kappa shape index (κ1) is 11.5. The summed E-state index contributed by atoms with van der Waals surface area (Å²) in [7, 11) is 0. The molecule has 0 aliphatic carbocycles. The SMILES string of the molecule is CC(NCc1cccc(F)c1O)c1nn[nH]n1. The summed E-state index contributed by atoms with van der Waals surface area (Å²) in [5.41, 5.74) is 0.486. The van der Waals surface area contributed by atoms with Crippen LogP contribution < -0.4 is 5.32 Å². The summed E-state index contributed by atoms with van der Waals surface area (Å²) in [4.78, 5) is 0. The number of tetrazole rings is 1. The van der Waals surface area contributed by atoms with Gasteiger partial charge >= 0.3 is 0 Å². The molecule has 0 fully saturated rings. The molecule has 2 rings (SSSR count). The van der Waals surface area contributed by atoms with Gasteiger partial charge in [0.15, 0.2) is 17.4 Å². The topological polar surface area (TPSA) is 86.7 Å². The Hall–Kier alpha value is -2.02. The number of aromatic nitrogens is 4. The maximum absolute atomic E-state index is 13.1. The van der Waals surface area contributed by atoms with Gasteiger partial charge in [-0.1, -0.05) is 17.3 Å². The normalized spacial score (nSPS) is 12.6. The van der Waals surface area contributed by atoms with Crippen molar-refractivity contribution in [2.45, 2.75) is 19.5 Å². The van der Waals surface area contributed by atoms with Crippen molar-refractivity contribution >= 4 is 0 Å². The van der Waals surface area contributed by atoms with Crippen molar-refractivity contribution in [3.05, 3.63) is 35.4 Å². The van der Waals surface area contributed by atoms with Gasteiger partial charge in [-0.15, -0.1) is 10.2 Å². The highest BCUT2D eigenvalue weighted by molar-refractivity contribution is 5.33. The molecule has 0 aliphatic rings. The average molecular weight is 237 g/mol. The average Bonchev–Trinajstić information content (AvgIpc) is 2.84. The van der Waals surface area contributed by atoms with Crippen LogP contribution in [0, 0.1) is 5.82 Å². The van der Waals surface area contributed by atoms with Gasteiger partial charge in [0.25, 0.3) is 0 Å². The van der Waals surface area contributed by atoms with Gasteiger partial charge in [-0.25, -0.2) is 4.39 Å². The first-order chi connectivity index (χ1) is 8.18. The van der Waals surface area contributed by atoms with E-state index in [0.717, 1.165) is 0 Å². The fraction of sp³-hybridized carbons (Fsp3) is 0.300. The predicted molar refractivity (Wildman–Crippen MR) is 57.5 cm³/mol. The first-order valence-electron chi connectivity index (χ1n) is 5.11. The fourth-order valence-corrected chi connectivity index (χ4v) is 1.41. The van der Waals surface area contributed by atoms with Crippen molar-refractivity contribution < 1.29 is 9.50 Å². The Bertz CT molecular complexity index is 487. The molecule has 2 aromatic rings. The van der Waals surface area contributed by atoms with Crippen molar-refractivity contribution in [1.82, 2.24) is 25.9 Å². The Kier molecular flexibility index (Phi) is 3.29. The fourth-order valence-electron chi connectivity index (χ4n) is 1.41. The third kappa shape index (κ3) is 2.56. The van der Waals surface area contributed by atoms with E-state index in [0.29, 0.717) is 17.9 Å². The largest absolute Gasteiger partial charge is 0.505 e. The van der Waals surface area contributed by atoms with E-state index in [1.165, 1.54) is 6.07 Å². The van der Waals surface area contributed by atoms with Crippen LogP contribution in [0.2, 0.25) is 0 Å². The summed E-state index contributed by atoms with van der Waals surface area (Å²) in [5, 5.41) is 26.0. The van der Waals surface area contributed by atoms with Crippen molar-refractivity contribution in [2.24, 2.45) is 0 Å². The number of aromatic amines is 1. The number of para-hydroxylation sites is 1. The number of hydrogen-bond acceptors (Lipinski definition) is 5. The van der Waals surface area contributed by atoms with E-state index in [2.05, 4.69) is 25.9 Å². The Labute approximate surface area is 96.9 Å². The third-order valence-corrected chi connectivity index (χ3v) is 2.42. The van der Waals surface area contributed by atoms with E-state index >= 15 is 0 Å². The molecule has 0 saturated heterocycles. The van der Waals surface area contributed by atoms with Crippen LogP contribution in [-0.4, -0.2) is 25.7 Å². The summed E-state index contributed by atoms with van der Waals surface area (Å²) < 4.78 is 13.1. The van der Waals surface area contributed by atoms with Gasteiger partial charge in [0, 0.05) is 12.1 Å². The minimum Gasteiger partial charge on any atom is -0.505 e. The van der Waals surface area contributed by atoms with E-state index in [-0.39, 0.29) is 11.8 Å². The smallest absolute Gasteiger partial charge is 0.191 e. The molecule has 0 radical (unpaired) electrons. The second-order valence-corrected chi connectivity index (χ2v) is 3.62. The molecule has 1 aromatic carbocycles. The number of nitrogens with one attached hydrogen (secondary N) is 2. The standard InChI is InChI=1S/C10H12FN5O/c1-6(10-13-15-16-14-10)12-5-7-3-2-4-8(11)9(7)17/h2-4,6,12,17H,5H2,1H3,(H,13,14,15,16). The Balaban J connectivity index is 2.00. The Morgan fingerprint density at radius 2 is 2.35 bits per heavy atom. The molecule has 0 aliphatic heterocycles. The van der Waals surface area contributed by atoms with E-state index in [1.807, 2.05) is 6.92 Å². The van der Waals surface area contributed by atoms with Crippen LogP contribution in [0.15, 0.2) is 18.2 Å². The molecular formula is C10H12FN5O. The van der Waals surface area contributed by atoms with Gasteiger partial charge in [-0.2, -0.15) is 5.21 Å². The van der Waals surface area contributed by atoms with Crippen molar-refractivity contribution in [3.8, 4) is 5.75 Å². The molecule has 0 saturated carbocycles. The van der Waals surface area contributed by atoms with Crippen LogP contribution in [0.4, 0.5) is 4.39 Å². The Morgan fingerprint density at radius 1 is 1.53 bits per heavy atom. The monoisotopic (exact) mass is 237 g/mol. The van der Waals surface area contributed by atoms with Crippen LogP contribution in [-0.2, 0) is 6.54 Å². The molecule has 6 nitrogen and oxygen atoms in total. The zero-order valence-electron chi connectivity index (χ0n) is 9.18. The number of H-pyrrole nitrogens is 1. The Morgan fingerprint density at radius 3 is 3.06 bits per heavy atom. The zero-order valence-corrected chi connectivity index (χ0v) is 9.18. The van der Waals surface area contributed by atoms with Crippen molar-refractivity contribution in [2.75, 3.05) is 0 Å². The van der Waals surface area contributed by atoms with E-state index in [9.17, 15) is 9.50 Å². The lowest BCUT2D eigenvalue weighted by Gasteiger charge is -2.10. The van der Waals surface area contributed by atoms with Crippen LogP contribution in [0.25, 0.3) is 0 Å². The lowest BCUT2D eigenvalue weighted by Crippen LogP contribution is -2.19. The second-order valence-electron chi connectivity index (χ2n) is 3.62. The highest BCUT2D eigenvalue weighted by Gasteiger charge is 2.11. The maximum Gasteiger partial charge on any atom is 0.191 e. The molecule has 17 heavy (non-hydrogen) atoms. The number of phenolic OH excluding ortho intramolecular Hbond substituents is 1. The number of aromatic hydroxyl groups is 1. The van der Waals surface area contributed by atoms with Crippen molar-refractivity contribution in [3.63, 3.8) is 0 Å². The first-order valence-corrected chi connectivity index (χ1v) is 5.11. The second kappa shape index (κ2) is 4.88. The number of phenols is 1. The molecule has 90 valence electrons. The number of hydrogen-bond donors (Lipinski definition) is 3. The van der Waals surface area contributed by atoms with Gasteiger partial charge in [-0.05, 0) is 13.0 Å². The van der Waals surface area contributed by atoms with Gasteiger partial charge < -0.3 is 10.4 Å². The third-order valence-electron chi connectivity index (χ3n) is 2.42. The number of halogens is 1. The molecule has 1 heterocycles. The summed E-state index contributed by atoms with van der Waals surface area (Å²) in [5.74, 6) is -0.447. The van der Waals surface area contributed by atoms with Gasteiger partial charge in [0.2, 0.25) is 0 Å². The number of rotatable bonds is 4. The van der Waals surface area contributed by atoms with E-state index < -0.39 is 5.82 Å². The van der Waals surface area contributed by atoms with Crippen LogP contribution in [0.5, 0.6) is 5.75 Å². The van der Waals surface area contributed by atoms with Crippen LogP contribution in [0.3, 0.4) is 0 Å². The molecule has 0 amide bonds. The van der Waals surface area contributed by atoms with Gasteiger partial charge in [0.05, 0.1) is 6.04 Å². The lowest BCUT2D eigenvalue weighted by molar-refractivity contribution is 0.420. The molecule has 7 heteroatoms. The zero-order chi connectivity index (χ0) is 12.3. The molecule has 1 atom stereocenters. The van der Waals surface area contributed by atoms with Crippen LogP contribution in [0.1, 0.15) is 24.4 Å². The van der Waals surface area contributed by atoms with E-state index in [1.54, 1.807) is 12.1 Å². The number of benzene rings is 1. The molecule has 1 unspecified atom stereocenters. The number of nitrogens with zero attached hydrogens (tertiary/aromatic N) is 3. The summed E-state index contributed by atoms with van der Waals surface area (Å²) in [6.07, 6.45) is 0. The highest BCUT2D eigenvalue weighted by atomic mass is 19.1. The molecule has 0 bridgehead atoms. The lowest BCUT2D eigenvalue weighted by atomic mass is 10.2. The minimum absolute atomic E-state index is 0.142. The van der Waals surface area contributed by atoms with Crippen molar-refractivity contribution in [1.29, 1.82) is 0 Å². The quantitative estimate of drug-likeness (QED) is 0.735. The predicted octanol–water partition coefficient (Wildman–Crippen LogP) is 0.895. The highest BCUT2D eigenvalue weighted by Crippen LogP contribution is 2.21. The van der Waals surface area contributed by atoms with Gasteiger partial charge in [0.1, 0.15) is 0 Å². The summed E-state index contributed by atoms with van der Waals surface area (Å²) >= 11 is 0. The molecule has 0 spiro atoms. The summed E-state index contributed by atoms with van der Waals surface area (Å²) in [6.45, 7) is 2.17.